The average Bonchev–Trinajstić information content (AvgIpc) is 2.39. The highest BCUT2D eigenvalue weighted by Gasteiger charge is 2.26. The van der Waals surface area contributed by atoms with Gasteiger partial charge in [-0.25, -0.2) is 8.42 Å². The van der Waals surface area contributed by atoms with Crippen LogP contribution in [0.4, 0.5) is 0 Å². The minimum absolute atomic E-state index is 0.0674. The molecule has 0 amide bonds. The molecule has 1 heterocycles. The van der Waals surface area contributed by atoms with Gasteiger partial charge in [0.25, 0.3) is 0 Å². The maximum atomic E-state index is 12.3. The average molecular weight is 284 g/mol. The molecule has 0 radical (unpaired) electrons. The molecular formula is C13H20N2O3S. The Morgan fingerprint density at radius 3 is 2.68 bits per heavy atom. The molecule has 6 heteroatoms. The van der Waals surface area contributed by atoms with E-state index in [-0.39, 0.29) is 6.10 Å². The third-order valence-corrected chi connectivity index (χ3v) is 5.09. The van der Waals surface area contributed by atoms with Gasteiger partial charge in [-0.1, -0.05) is 18.2 Å². The Labute approximate surface area is 114 Å². The number of likely N-dealkylation sites (N-methyl/N-ethyl adjacent to an activating group) is 2. The van der Waals surface area contributed by atoms with Gasteiger partial charge in [0, 0.05) is 26.7 Å². The van der Waals surface area contributed by atoms with E-state index in [2.05, 4.69) is 4.90 Å². The van der Waals surface area contributed by atoms with Crippen molar-refractivity contribution in [1.82, 2.24) is 9.21 Å². The molecule has 2 rings (SSSR count). The summed E-state index contributed by atoms with van der Waals surface area (Å²) in [5, 5.41) is 0. The molecule has 5 nitrogen and oxygen atoms in total. The molecule has 106 valence electrons. The van der Waals surface area contributed by atoms with Crippen LogP contribution in [-0.4, -0.2) is 64.1 Å². The van der Waals surface area contributed by atoms with Crippen molar-refractivity contribution in [3.8, 4) is 0 Å². The smallest absolute Gasteiger partial charge is 0.242 e. The fourth-order valence-electron chi connectivity index (χ4n) is 2.13. The zero-order valence-corrected chi connectivity index (χ0v) is 12.1. The lowest BCUT2D eigenvalue weighted by atomic mass is 10.3. The predicted octanol–water partition coefficient (Wildman–Crippen LogP) is 0.638. The molecule has 0 N–H and O–H groups in total. The number of rotatable bonds is 4. The van der Waals surface area contributed by atoms with Crippen molar-refractivity contribution in [2.75, 3.05) is 40.3 Å². The van der Waals surface area contributed by atoms with E-state index in [0.717, 1.165) is 13.1 Å². The van der Waals surface area contributed by atoms with E-state index < -0.39 is 10.0 Å². The minimum Gasteiger partial charge on any atom is -0.374 e. The Morgan fingerprint density at radius 1 is 1.37 bits per heavy atom. The molecular weight excluding hydrogens is 264 g/mol. The maximum absolute atomic E-state index is 12.3. The van der Waals surface area contributed by atoms with Crippen LogP contribution in [0.3, 0.4) is 0 Å². The Bertz CT molecular complexity index is 504. The number of ether oxygens (including phenoxy) is 1. The van der Waals surface area contributed by atoms with Gasteiger partial charge in [-0.3, -0.25) is 0 Å². The van der Waals surface area contributed by atoms with E-state index in [0.29, 0.717) is 18.0 Å². The zero-order valence-electron chi connectivity index (χ0n) is 11.3. The summed E-state index contributed by atoms with van der Waals surface area (Å²) >= 11 is 0. The predicted molar refractivity (Wildman–Crippen MR) is 73.5 cm³/mol. The van der Waals surface area contributed by atoms with Crippen molar-refractivity contribution in [1.29, 1.82) is 0 Å². The molecule has 1 aromatic carbocycles. The van der Waals surface area contributed by atoms with Gasteiger partial charge in [-0.15, -0.1) is 0 Å². The number of hydrogen-bond acceptors (Lipinski definition) is 4. The molecule has 0 aromatic heterocycles. The van der Waals surface area contributed by atoms with Gasteiger partial charge in [0.15, 0.2) is 0 Å². The van der Waals surface area contributed by atoms with E-state index in [4.69, 9.17) is 4.74 Å². The summed E-state index contributed by atoms with van der Waals surface area (Å²) in [5.41, 5.74) is 0. The summed E-state index contributed by atoms with van der Waals surface area (Å²) in [6, 6.07) is 8.48. The summed E-state index contributed by atoms with van der Waals surface area (Å²) in [6.07, 6.45) is -0.0674. The quantitative estimate of drug-likeness (QED) is 0.814. The Kier molecular flexibility index (Phi) is 4.57. The van der Waals surface area contributed by atoms with Crippen molar-refractivity contribution < 1.29 is 13.2 Å². The highest BCUT2D eigenvalue weighted by atomic mass is 32.2. The summed E-state index contributed by atoms with van der Waals surface area (Å²) < 4.78 is 31.7. The second kappa shape index (κ2) is 6.00. The van der Waals surface area contributed by atoms with Gasteiger partial charge in [-0.2, -0.15) is 4.31 Å². The standard InChI is InChI=1S/C13H20N2O3S/c1-14-8-9-18-12(10-14)11-15(2)19(16,17)13-6-4-3-5-7-13/h3-7,12H,8-11H2,1-2H3. The SMILES string of the molecule is CN1CCOC(CN(C)S(=O)(=O)c2ccccc2)C1. The molecule has 0 bridgehead atoms. The van der Waals surface area contributed by atoms with Crippen LogP contribution in [0.2, 0.25) is 0 Å². The molecule has 0 spiro atoms. The van der Waals surface area contributed by atoms with Crippen molar-refractivity contribution in [3.05, 3.63) is 30.3 Å². The van der Waals surface area contributed by atoms with Gasteiger partial charge in [0.2, 0.25) is 10.0 Å². The summed E-state index contributed by atoms with van der Waals surface area (Å²) in [5.74, 6) is 0. The van der Waals surface area contributed by atoms with Crippen LogP contribution in [0.5, 0.6) is 0 Å². The van der Waals surface area contributed by atoms with Gasteiger partial charge >= 0.3 is 0 Å². The summed E-state index contributed by atoms with van der Waals surface area (Å²) in [4.78, 5) is 2.47. The Balaban J connectivity index is 2.05. The van der Waals surface area contributed by atoms with Gasteiger partial charge in [0.05, 0.1) is 17.6 Å². The van der Waals surface area contributed by atoms with E-state index >= 15 is 0 Å². The van der Waals surface area contributed by atoms with Crippen molar-refractivity contribution in [3.63, 3.8) is 0 Å². The fourth-order valence-corrected chi connectivity index (χ4v) is 3.36. The van der Waals surface area contributed by atoms with Crippen LogP contribution in [0.15, 0.2) is 35.2 Å². The number of sulfonamides is 1. The molecule has 1 aromatic rings. The second-order valence-electron chi connectivity index (χ2n) is 4.85. The lowest BCUT2D eigenvalue weighted by Crippen LogP contribution is -2.46. The molecule has 1 aliphatic rings. The molecule has 0 saturated carbocycles. The monoisotopic (exact) mass is 284 g/mol. The largest absolute Gasteiger partial charge is 0.374 e. The van der Waals surface area contributed by atoms with E-state index in [1.807, 2.05) is 7.05 Å². The molecule has 1 aliphatic heterocycles. The van der Waals surface area contributed by atoms with Crippen LogP contribution in [0.25, 0.3) is 0 Å². The lowest BCUT2D eigenvalue weighted by molar-refractivity contribution is -0.0247. The highest BCUT2D eigenvalue weighted by Crippen LogP contribution is 2.15. The third kappa shape index (κ3) is 3.54. The first-order valence-corrected chi connectivity index (χ1v) is 7.75. The summed E-state index contributed by atoms with van der Waals surface area (Å²) in [6.45, 7) is 2.68. The Hall–Kier alpha value is -0.950. The number of morpholine rings is 1. The van der Waals surface area contributed by atoms with Crippen molar-refractivity contribution in [2.45, 2.75) is 11.0 Å². The van der Waals surface area contributed by atoms with Gasteiger partial charge in [-0.05, 0) is 19.2 Å². The first-order chi connectivity index (χ1) is 9.00. The molecule has 1 atom stereocenters. The van der Waals surface area contributed by atoms with Crippen LogP contribution < -0.4 is 0 Å². The molecule has 19 heavy (non-hydrogen) atoms. The second-order valence-corrected chi connectivity index (χ2v) is 6.90. The van der Waals surface area contributed by atoms with Crippen LogP contribution in [-0.2, 0) is 14.8 Å². The molecule has 0 aliphatic carbocycles. The van der Waals surface area contributed by atoms with Crippen LogP contribution in [0.1, 0.15) is 0 Å². The first kappa shape index (κ1) is 14.5. The van der Waals surface area contributed by atoms with Gasteiger partial charge < -0.3 is 9.64 Å². The zero-order chi connectivity index (χ0) is 13.9. The molecule has 1 saturated heterocycles. The van der Waals surface area contributed by atoms with Crippen LogP contribution in [0, 0.1) is 0 Å². The minimum atomic E-state index is -3.42. The number of nitrogens with zero attached hydrogens (tertiary/aromatic N) is 2. The van der Waals surface area contributed by atoms with Crippen molar-refractivity contribution >= 4 is 10.0 Å². The first-order valence-electron chi connectivity index (χ1n) is 6.31. The van der Waals surface area contributed by atoms with Gasteiger partial charge in [0.1, 0.15) is 0 Å². The number of benzene rings is 1. The molecule has 1 unspecified atom stereocenters. The van der Waals surface area contributed by atoms with E-state index in [9.17, 15) is 8.42 Å². The van der Waals surface area contributed by atoms with Crippen LogP contribution >= 0.6 is 0 Å². The summed E-state index contributed by atoms with van der Waals surface area (Å²) in [7, 11) is 0.192. The Morgan fingerprint density at radius 2 is 2.05 bits per heavy atom. The number of hydrogen-bond donors (Lipinski definition) is 0. The fraction of sp³-hybridized carbons (Fsp3) is 0.538. The normalized spacial score (nSPS) is 21.7. The maximum Gasteiger partial charge on any atom is 0.242 e. The topological polar surface area (TPSA) is 49.9 Å². The van der Waals surface area contributed by atoms with E-state index in [1.165, 1.54) is 4.31 Å². The van der Waals surface area contributed by atoms with Crippen molar-refractivity contribution in [2.24, 2.45) is 0 Å². The van der Waals surface area contributed by atoms with E-state index in [1.54, 1.807) is 37.4 Å². The lowest BCUT2D eigenvalue weighted by Gasteiger charge is -2.32. The third-order valence-electron chi connectivity index (χ3n) is 3.25. The molecule has 1 fully saturated rings. The highest BCUT2D eigenvalue weighted by molar-refractivity contribution is 7.89.